The average molecular weight is 223 g/mol. The van der Waals surface area contributed by atoms with Crippen LogP contribution in [0.25, 0.3) is 11.0 Å². The van der Waals surface area contributed by atoms with Crippen LogP contribution in [-0.2, 0) is 6.42 Å². The van der Waals surface area contributed by atoms with Gasteiger partial charge in [0, 0.05) is 17.5 Å². The SMILES string of the molecule is Nc1ccc2oc(Cc3ccccc3)cc2c1. The van der Waals surface area contributed by atoms with Crippen molar-refractivity contribution in [2.24, 2.45) is 0 Å². The molecule has 3 aromatic rings. The molecule has 0 fully saturated rings. The molecule has 1 aromatic heterocycles. The molecular weight excluding hydrogens is 210 g/mol. The largest absolute Gasteiger partial charge is 0.461 e. The first-order valence-corrected chi connectivity index (χ1v) is 5.63. The molecule has 2 heteroatoms. The summed E-state index contributed by atoms with van der Waals surface area (Å²) in [6.07, 6.45) is 0.815. The maximum atomic E-state index is 5.77. The second kappa shape index (κ2) is 3.98. The van der Waals surface area contributed by atoms with Crippen LogP contribution in [0.5, 0.6) is 0 Å². The molecule has 0 saturated carbocycles. The number of fused-ring (bicyclic) bond motifs is 1. The Balaban J connectivity index is 1.96. The van der Waals surface area contributed by atoms with Crippen LogP contribution in [0.15, 0.2) is 59.0 Å². The van der Waals surface area contributed by atoms with Crippen molar-refractivity contribution in [1.29, 1.82) is 0 Å². The van der Waals surface area contributed by atoms with Crippen molar-refractivity contribution < 1.29 is 4.42 Å². The average Bonchev–Trinajstić information content (AvgIpc) is 2.71. The Labute approximate surface area is 99.7 Å². The predicted octanol–water partition coefficient (Wildman–Crippen LogP) is 3.61. The van der Waals surface area contributed by atoms with E-state index in [2.05, 4.69) is 18.2 Å². The molecule has 0 aliphatic carbocycles. The third kappa shape index (κ3) is 2.02. The van der Waals surface area contributed by atoms with Crippen molar-refractivity contribution >= 4 is 16.7 Å². The summed E-state index contributed by atoms with van der Waals surface area (Å²) in [6.45, 7) is 0. The molecule has 0 bridgehead atoms. The molecular formula is C15H13NO. The van der Waals surface area contributed by atoms with Gasteiger partial charge in [-0.2, -0.15) is 0 Å². The smallest absolute Gasteiger partial charge is 0.134 e. The molecule has 0 aliphatic heterocycles. The molecule has 0 aliphatic rings. The highest BCUT2D eigenvalue weighted by Gasteiger charge is 2.04. The van der Waals surface area contributed by atoms with Crippen LogP contribution in [0.4, 0.5) is 5.69 Å². The number of hydrogen-bond acceptors (Lipinski definition) is 2. The summed E-state index contributed by atoms with van der Waals surface area (Å²) in [5.74, 6) is 0.969. The molecule has 0 unspecified atom stereocenters. The quantitative estimate of drug-likeness (QED) is 0.674. The van der Waals surface area contributed by atoms with Crippen LogP contribution in [0.1, 0.15) is 11.3 Å². The van der Waals surface area contributed by atoms with E-state index in [-0.39, 0.29) is 0 Å². The van der Waals surface area contributed by atoms with E-state index in [0.717, 1.165) is 28.8 Å². The van der Waals surface area contributed by atoms with Crippen LogP contribution in [0.3, 0.4) is 0 Å². The fourth-order valence-corrected chi connectivity index (χ4v) is 2.00. The van der Waals surface area contributed by atoms with E-state index in [1.807, 2.05) is 36.4 Å². The lowest BCUT2D eigenvalue weighted by molar-refractivity contribution is 0.563. The third-order valence-electron chi connectivity index (χ3n) is 2.81. The summed E-state index contributed by atoms with van der Waals surface area (Å²) >= 11 is 0. The van der Waals surface area contributed by atoms with E-state index < -0.39 is 0 Å². The number of furan rings is 1. The number of benzene rings is 2. The van der Waals surface area contributed by atoms with Crippen LogP contribution in [0.2, 0.25) is 0 Å². The molecule has 84 valence electrons. The Hall–Kier alpha value is -2.22. The first kappa shape index (κ1) is 9.97. The van der Waals surface area contributed by atoms with Crippen molar-refractivity contribution in [2.75, 3.05) is 5.73 Å². The molecule has 1 heterocycles. The summed E-state index contributed by atoms with van der Waals surface area (Å²) < 4.78 is 5.77. The monoisotopic (exact) mass is 223 g/mol. The van der Waals surface area contributed by atoms with Gasteiger partial charge in [-0.15, -0.1) is 0 Å². The number of nitrogens with two attached hydrogens (primary N) is 1. The molecule has 0 saturated heterocycles. The minimum atomic E-state index is 0.768. The van der Waals surface area contributed by atoms with Crippen molar-refractivity contribution in [2.45, 2.75) is 6.42 Å². The van der Waals surface area contributed by atoms with Gasteiger partial charge in [-0.1, -0.05) is 30.3 Å². The van der Waals surface area contributed by atoms with Crippen LogP contribution < -0.4 is 5.73 Å². The van der Waals surface area contributed by atoms with Crippen LogP contribution in [-0.4, -0.2) is 0 Å². The molecule has 2 aromatic carbocycles. The van der Waals surface area contributed by atoms with E-state index in [4.69, 9.17) is 10.2 Å². The zero-order valence-electron chi connectivity index (χ0n) is 9.39. The topological polar surface area (TPSA) is 39.2 Å². The Morgan fingerprint density at radius 2 is 1.76 bits per heavy atom. The number of nitrogen functional groups attached to an aromatic ring is 1. The van der Waals surface area contributed by atoms with E-state index >= 15 is 0 Å². The first-order chi connectivity index (χ1) is 8.31. The third-order valence-corrected chi connectivity index (χ3v) is 2.81. The lowest BCUT2D eigenvalue weighted by atomic mass is 10.1. The molecule has 2 nitrogen and oxygen atoms in total. The maximum Gasteiger partial charge on any atom is 0.134 e. The van der Waals surface area contributed by atoms with Gasteiger partial charge < -0.3 is 10.2 Å². The summed E-state index contributed by atoms with van der Waals surface area (Å²) in [4.78, 5) is 0. The Kier molecular flexibility index (Phi) is 2.33. The zero-order chi connectivity index (χ0) is 11.7. The summed E-state index contributed by atoms with van der Waals surface area (Å²) in [6, 6.07) is 18.1. The maximum absolute atomic E-state index is 5.77. The van der Waals surface area contributed by atoms with Gasteiger partial charge in [0.25, 0.3) is 0 Å². The predicted molar refractivity (Wildman–Crippen MR) is 69.9 cm³/mol. The van der Waals surface area contributed by atoms with Gasteiger partial charge in [-0.05, 0) is 29.8 Å². The van der Waals surface area contributed by atoms with Gasteiger partial charge in [0.05, 0.1) is 0 Å². The molecule has 0 atom stereocenters. The van der Waals surface area contributed by atoms with Gasteiger partial charge in [0.1, 0.15) is 11.3 Å². The molecule has 2 N–H and O–H groups in total. The fraction of sp³-hybridized carbons (Fsp3) is 0.0667. The lowest BCUT2D eigenvalue weighted by Gasteiger charge is -1.96. The highest BCUT2D eigenvalue weighted by Crippen LogP contribution is 2.23. The second-order valence-corrected chi connectivity index (χ2v) is 4.17. The number of hydrogen-bond donors (Lipinski definition) is 1. The number of anilines is 1. The minimum Gasteiger partial charge on any atom is -0.461 e. The zero-order valence-corrected chi connectivity index (χ0v) is 9.39. The molecule has 0 radical (unpaired) electrons. The van der Waals surface area contributed by atoms with E-state index in [1.165, 1.54) is 5.56 Å². The lowest BCUT2D eigenvalue weighted by Crippen LogP contribution is -1.83. The second-order valence-electron chi connectivity index (χ2n) is 4.17. The number of rotatable bonds is 2. The Morgan fingerprint density at radius 1 is 0.941 bits per heavy atom. The standard InChI is InChI=1S/C15H13NO/c16-13-6-7-15-12(9-13)10-14(17-15)8-11-4-2-1-3-5-11/h1-7,9-10H,8,16H2. The molecule has 17 heavy (non-hydrogen) atoms. The van der Waals surface area contributed by atoms with E-state index in [9.17, 15) is 0 Å². The van der Waals surface area contributed by atoms with Crippen molar-refractivity contribution in [3.05, 3.63) is 65.9 Å². The van der Waals surface area contributed by atoms with E-state index in [0.29, 0.717) is 0 Å². The van der Waals surface area contributed by atoms with Gasteiger partial charge in [0.15, 0.2) is 0 Å². The van der Waals surface area contributed by atoms with Crippen molar-refractivity contribution in [1.82, 2.24) is 0 Å². The van der Waals surface area contributed by atoms with Crippen molar-refractivity contribution in [3.63, 3.8) is 0 Å². The molecule has 3 rings (SSSR count). The highest BCUT2D eigenvalue weighted by molar-refractivity contribution is 5.81. The summed E-state index contributed by atoms with van der Waals surface area (Å²) in [7, 11) is 0. The Morgan fingerprint density at radius 3 is 2.59 bits per heavy atom. The summed E-state index contributed by atoms with van der Waals surface area (Å²) in [5, 5.41) is 1.07. The fourth-order valence-electron chi connectivity index (χ4n) is 2.00. The van der Waals surface area contributed by atoms with Gasteiger partial charge in [0.2, 0.25) is 0 Å². The first-order valence-electron chi connectivity index (χ1n) is 5.63. The van der Waals surface area contributed by atoms with Gasteiger partial charge in [-0.3, -0.25) is 0 Å². The highest BCUT2D eigenvalue weighted by atomic mass is 16.3. The molecule has 0 spiro atoms. The van der Waals surface area contributed by atoms with Gasteiger partial charge in [-0.25, -0.2) is 0 Å². The van der Waals surface area contributed by atoms with E-state index in [1.54, 1.807) is 0 Å². The van der Waals surface area contributed by atoms with Crippen molar-refractivity contribution in [3.8, 4) is 0 Å². The van der Waals surface area contributed by atoms with Crippen LogP contribution in [0, 0.1) is 0 Å². The molecule has 0 amide bonds. The van der Waals surface area contributed by atoms with Crippen LogP contribution >= 0.6 is 0 Å². The summed E-state index contributed by atoms with van der Waals surface area (Å²) in [5.41, 5.74) is 8.66. The minimum absolute atomic E-state index is 0.768. The normalized spacial score (nSPS) is 10.8. The van der Waals surface area contributed by atoms with Gasteiger partial charge >= 0.3 is 0 Å². The Bertz CT molecular complexity index is 640.